The zero-order valence-corrected chi connectivity index (χ0v) is 12.2. The number of aromatic nitrogens is 2. The molecule has 17 heavy (non-hydrogen) atoms. The number of rotatable bonds is 3. The molecule has 0 saturated carbocycles. The van der Waals surface area contributed by atoms with Crippen molar-refractivity contribution in [2.75, 3.05) is 5.73 Å². The fraction of sp³-hybridized carbons (Fsp3) is 0.308. The maximum atomic E-state index is 6.07. The topological polar surface area (TPSA) is 43.8 Å². The molecule has 0 aliphatic rings. The molecular formula is C13H16IN3. The zero-order valence-electron chi connectivity index (χ0n) is 10.1. The monoisotopic (exact) mass is 341 g/mol. The average Bonchev–Trinajstić information content (AvgIpc) is 2.58. The summed E-state index contributed by atoms with van der Waals surface area (Å²) in [4.78, 5) is 0. The lowest BCUT2D eigenvalue weighted by Gasteiger charge is -2.04. The second-order valence-corrected chi connectivity index (χ2v) is 5.23. The number of halogens is 1. The van der Waals surface area contributed by atoms with Crippen molar-refractivity contribution in [3.8, 4) is 11.3 Å². The Kier molecular flexibility index (Phi) is 3.71. The second kappa shape index (κ2) is 5.08. The molecule has 2 rings (SSSR count). The van der Waals surface area contributed by atoms with Crippen molar-refractivity contribution in [1.82, 2.24) is 9.78 Å². The van der Waals surface area contributed by atoms with E-state index in [1.165, 1.54) is 14.7 Å². The van der Waals surface area contributed by atoms with Crippen LogP contribution < -0.4 is 5.73 Å². The Balaban J connectivity index is 2.59. The van der Waals surface area contributed by atoms with E-state index in [4.69, 9.17) is 5.73 Å². The number of benzene rings is 1. The van der Waals surface area contributed by atoms with Crippen LogP contribution in [0.3, 0.4) is 0 Å². The van der Waals surface area contributed by atoms with Gasteiger partial charge < -0.3 is 5.73 Å². The quantitative estimate of drug-likeness (QED) is 0.871. The van der Waals surface area contributed by atoms with Crippen molar-refractivity contribution in [2.45, 2.75) is 19.8 Å². The summed E-state index contributed by atoms with van der Waals surface area (Å²) in [6.45, 7) is 2.16. The maximum absolute atomic E-state index is 6.07. The van der Waals surface area contributed by atoms with Gasteiger partial charge in [-0.25, -0.2) is 0 Å². The number of anilines is 1. The van der Waals surface area contributed by atoms with Crippen molar-refractivity contribution in [3.63, 3.8) is 0 Å². The Morgan fingerprint density at radius 1 is 1.35 bits per heavy atom. The van der Waals surface area contributed by atoms with Gasteiger partial charge in [-0.05, 0) is 35.1 Å². The summed E-state index contributed by atoms with van der Waals surface area (Å²) < 4.78 is 2.98. The van der Waals surface area contributed by atoms with E-state index in [1.807, 2.05) is 19.2 Å². The molecule has 0 aliphatic carbocycles. The molecule has 0 amide bonds. The number of nitrogens with two attached hydrogens (primary N) is 1. The molecule has 0 radical (unpaired) electrons. The van der Waals surface area contributed by atoms with E-state index < -0.39 is 0 Å². The van der Waals surface area contributed by atoms with Crippen LogP contribution in [-0.4, -0.2) is 9.78 Å². The minimum absolute atomic E-state index is 0.779. The highest BCUT2D eigenvalue weighted by molar-refractivity contribution is 14.1. The van der Waals surface area contributed by atoms with Gasteiger partial charge in [-0.15, -0.1) is 0 Å². The summed E-state index contributed by atoms with van der Waals surface area (Å²) in [5.41, 5.74) is 9.44. The lowest BCUT2D eigenvalue weighted by atomic mass is 10.0. The SMILES string of the molecule is CCCc1c(-c2ccccc2I)nn(C)c1N. The smallest absolute Gasteiger partial charge is 0.125 e. The third-order valence-electron chi connectivity index (χ3n) is 2.82. The van der Waals surface area contributed by atoms with Gasteiger partial charge in [0.2, 0.25) is 0 Å². The Bertz CT molecular complexity index is 531. The second-order valence-electron chi connectivity index (χ2n) is 4.07. The van der Waals surface area contributed by atoms with Gasteiger partial charge in [0.05, 0.1) is 5.69 Å². The van der Waals surface area contributed by atoms with Crippen LogP contribution in [-0.2, 0) is 13.5 Å². The highest BCUT2D eigenvalue weighted by Crippen LogP contribution is 2.30. The van der Waals surface area contributed by atoms with Crippen LogP contribution >= 0.6 is 22.6 Å². The fourth-order valence-electron chi connectivity index (χ4n) is 1.95. The van der Waals surface area contributed by atoms with Gasteiger partial charge in [-0.1, -0.05) is 31.5 Å². The van der Waals surface area contributed by atoms with Gasteiger partial charge in [0.1, 0.15) is 5.82 Å². The standard InChI is InChI=1S/C13H16IN3/c1-3-6-10-12(16-17(2)13(10)15)9-7-4-5-8-11(9)14/h4-5,7-8H,3,6,15H2,1-2H3. The highest BCUT2D eigenvalue weighted by Gasteiger charge is 2.16. The Hall–Kier alpha value is -1.04. The molecule has 0 fully saturated rings. The third-order valence-corrected chi connectivity index (χ3v) is 3.76. The van der Waals surface area contributed by atoms with Crippen LogP contribution in [0, 0.1) is 3.57 Å². The summed E-state index contributed by atoms with van der Waals surface area (Å²) >= 11 is 2.34. The number of nitrogen functional groups attached to an aromatic ring is 1. The van der Waals surface area contributed by atoms with Crippen molar-refractivity contribution in [1.29, 1.82) is 0 Å². The van der Waals surface area contributed by atoms with E-state index in [1.54, 1.807) is 4.68 Å². The Labute approximate surface area is 115 Å². The average molecular weight is 341 g/mol. The summed E-state index contributed by atoms with van der Waals surface area (Å²) in [6.07, 6.45) is 2.05. The van der Waals surface area contributed by atoms with Crippen LogP contribution in [0.5, 0.6) is 0 Å². The first-order valence-electron chi connectivity index (χ1n) is 5.71. The van der Waals surface area contributed by atoms with Crippen LogP contribution in [0.25, 0.3) is 11.3 Å². The van der Waals surface area contributed by atoms with E-state index in [0.717, 1.165) is 24.4 Å². The van der Waals surface area contributed by atoms with Gasteiger partial charge in [-0.2, -0.15) is 5.10 Å². The first-order chi connectivity index (χ1) is 8.15. The number of nitrogens with zero attached hydrogens (tertiary/aromatic N) is 2. The summed E-state index contributed by atoms with van der Waals surface area (Å²) in [6, 6.07) is 8.27. The molecule has 2 N–H and O–H groups in total. The number of aryl methyl sites for hydroxylation is 1. The molecule has 3 nitrogen and oxygen atoms in total. The summed E-state index contributed by atoms with van der Waals surface area (Å²) in [5.74, 6) is 0.779. The number of hydrogen-bond donors (Lipinski definition) is 1. The van der Waals surface area contributed by atoms with Gasteiger partial charge in [0.25, 0.3) is 0 Å². The third kappa shape index (κ3) is 2.31. The molecule has 0 aliphatic heterocycles. The molecule has 0 unspecified atom stereocenters. The molecular weight excluding hydrogens is 325 g/mol. The normalized spacial score (nSPS) is 10.8. The van der Waals surface area contributed by atoms with Crippen LogP contribution in [0.15, 0.2) is 24.3 Å². The maximum Gasteiger partial charge on any atom is 0.125 e. The lowest BCUT2D eigenvalue weighted by Crippen LogP contribution is -1.99. The fourth-order valence-corrected chi connectivity index (χ4v) is 2.59. The predicted octanol–water partition coefficient (Wildman–Crippen LogP) is 3.23. The van der Waals surface area contributed by atoms with E-state index in [9.17, 15) is 0 Å². The Morgan fingerprint density at radius 2 is 2.06 bits per heavy atom. The largest absolute Gasteiger partial charge is 0.384 e. The summed E-state index contributed by atoms with van der Waals surface area (Å²) in [7, 11) is 1.90. The minimum Gasteiger partial charge on any atom is -0.384 e. The van der Waals surface area contributed by atoms with E-state index in [2.05, 4.69) is 46.7 Å². The first kappa shape index (κ1) is 12.4. The first-order valence-corrected chi connectivity index (χ1v) is 6.79. The van der Waals surface area contributed by atoms with Crippen molar-refractivity contribution < 1.29 is 0 Å². The molecule has 2 aromatic rings. The van der Waals surface area contributed by atoms with Gasteiger partial charge in [-0.3, -0.25) is 4.68 Å². The van der Waals surface area contributed by atoms with E-state index in [0.29, 0.717) is 0 Å². The van der Waals surface area contributed by atoms with Crippen LogP contribution in [0.4, 0.5) is 5.82 Å². The molecule has 1 heterocycles. The minimum atomic E-state index is 0.779. The van der Waals surface area contributed by atoms with Crippen molar-refractivity contribution >= 4 is 28.4 Å². The number of hydrogen-bond acceptors (Lipinski definition) is 2. The van der Waals surface area contributed by atoms with E-state index >= 15 is 0 Å². The molecule has 0 atom stereocenters. The predicted molar refractivity (Wildman–Crippen MR) is 79.8 cm³/mol. The molecule has 4 heteroatoms. The highest BCUT2D eigenvalue weighted by atomic mass is 127. The van der Waals surface area contributed by atoms with Crippen molar-refractivity contribution in [2.24, 2.45) is 7.05 Å². The molecule has 0 spiro atoms. The zero-order chi connectivity index (χ0) is 12.4. The van der Waals surface area contributed by atoms with Crippen LogP contribution in [0.1, 0.15) is 18.9 Å². The molecule has 1 aromatic heterocycles. The molecule has 0 bridgehead atoms. The summed E-state index contributed by atoms with van der Waals surface area (Å²) in [5, 5.41) is 4.55. The van der Waals surface area contributed by atoms with Gasteiger partial charge >= 0.3 is 0 Å². The van der Waals surface area contributed by atoms with E-state index in [-0.39, 0.29) is 0 Å². The Morgan fingerprint density at radius 3 is 2.71 bits per heavy atom. The lowest BCUT2D eigenvalue weighted by molar-refractivity contribution is 0.781. The van der Waals surface area contributed by atoms with Crippen LogP contribution in [0.2, 0.25) is 0 Å². The van der Waals surface area contributed by atoms with Crippen molar-refractivity contribution in [3.05, 3.63) is 33.4 Å². The molecule has 1 aromatic carbocycles. The molecule has 0 saturated heterocycles. The van der Waals surface area contributed by atoms with Gasteiger partial charge in [0, 0.05) is 21.7 Å². The molecule has 90 valence electrons. The van der Waals surface area contributed by atoms with Gasteiger partial charge in [0.15, 0.2) is 0 Å².